The van der Waals surface area contributed by atoms with Crippen LogP contribution in [0.5, 0.6) is 0 Å². The fourth-order valence-corrected chi connectivity index (χ4v) is 1.88. The molecule has 1 aromatic carbocycles. The molecule has 3 nitrogen and oxygen atoms in total. The van der Waals surface area contributed by atoms with Crippen LogP contribution in [-0.4, -0.2) is 11.7 Å². The van der Waals surface area contributed by atoms with Crippen LogP contribution in [0.15, 0.2) is 42.5 Å². The van der Waals surface area contributed by atoms with E-state index in [1.807, 2.05) is 58.0 Å². The summed E-state index contributed by atoms with van der Waals surface area (Å²) in [6.45, 7) is 13.6. The first-order valence-electron chi connectivity index (χ1n) is 6.90. The van der Waals surface area contributed by atoms with Crippen LogP contribution in [0.2, 0.25) is 0 Å². The molecule has 0 radical (unpaired) electrons. The van der Waals surface area contributed by atoms with E-state index >= 15 is 0 Å². The lowest BCUT2D eigenvalue weighted by atomic mass is 9.90. The molecule has 2 atom stereocenters. The van der Waals surface area contributed by atoms with E-state index in [1.165, 1.54) is 0 Å². The number of amides is 1. The molecule has 1 rings (SSSR count). The maximum absolute atomic E-state index is 12.0. The quantitative estimate of drug-likeness (QED) is 0.824. The Morgan fingerprint density at radius 1 is 1.25 bits per heavy atom. The van der Waals surface area contributed by atoms with Crippen molar-refractivity contribution in [3.8, 4) is 0 Å². The Hall–Kier alpha value is -1.77. The van der Waals surface area contributed by atoms with Gasteiger partial charge in [-0.3, -0.25) is 0 Å². The second kappa shape index (κ2) is 6.60. The highest BCUT2D eigenvalue weighted by Crippen LogP contribution is 2.27. The molecule has 1 amide bonds. The van der Waals surface area contributed by atoms with Crippen molar-refractivity contribution in [3.05, 3.63) is 48.0 Å². The van der Waals surface area contributed by atoms with E-state index in [-0.39, 0.29) is 12.0 Å². The normalized spacial score (nSPS) is 14.2. The number of alkyl carbamates (subject to hydrolysis) is 1. The lowest BCUT2D eigenvalue weighted by Gasteiger charge is -2.28. The molecule has 0 saturated carbocycles. The summed E-state index contributed by atoms with van der Waals surface area (Å²) in [5, 5.41) is 2.95. The zero-order valence-corrected chi connectivity index (χ0v) is 13.1. The second-order valence-electron chi connectivity index (χ2n) is 6.17. The number of rotatable bonds is 4. The average molecular weight is 275 g/mol. The predicted octanol–water partition coefficient (Wildman–Crippen LogP) is 4.46. The van der Waals surface area contributed by atoms with Crippen molar-refractivity contribution in [2.45, 2.75) is 46.3 Å². The fraction of sp³-hybridized carbons (Fsp3) is 0.471. The number of hydrogen-bond donors (Lipinski definition) is 1. The third kappa shape index (κ3) is 5.08. The van der Waals surface area contributed by atoms with Gasteiger partial charge in [0, 0.05) is 5.92 Å². The minimum absolute atomic E-state index is 0.130. The lowest BCUT2D eigenvalue weighted by Crippen LogP contribution is -2.37. The van der Waals surface area contributed by atoms with Gasteiger partial charge in [-0.1, -0.05) is 49.4 Å². The summed E-state index contributed by atoms with van der Waals surface area (Å²) >= 11 is 0. The van der Waals surface area contributed by atoms with E-state index in [1.54, 1.807) is 0 Å². The predicted molar refractivity (Wildman–Crippen MR) is 82.5 cm³/mol. The molecular formula is C17H25NO2. The van der Waals surface area contributed by atoms with Crippen LogP contribution in [0, 0.1) is 5.92 Å². The summed E-state index contributed by atoms with van der Waals surface area (Å²) in [6.07, 6.45) is -0.403. The van der Waals surface area contributed by atoms with Crippen LogP contribution < -0.4 is 5.32 Å². The Kier molecular flexibility index (Phi) is 5.37. The van der Waals surface area contributed by atoms with E-state index in [0.717, 1.165) is 11.1 Å². The Labute approximate surface area is 122 Å². The molecule has 0 aromatic heterocycles. The van der Waals surface area contributed by atoms with Crippen molar-refractivity contribution in [1.29, 1.82) is 0 Å². The van der Waals surface area contributed by atoms with E-state index in [0.29, 0.717) is 0 Å². The van der Waals surface area contributed by atoms with Gasteiger partial charge in [-0.05, 0) is 33.3 Å². The van der Waals surface area contributed by atoms with Crippen molar-refractivity contribution in [3.63, 3.8) is 0 Å². The summed E-state index contributed by atoms with van der Waals surface area (Å²) < 4.78 is 5.34. The van der Waals surface area contributed by atoms with Crippen LogP contribution in [-0.2, 0) is 4.74 Å². The average Bonchev–Trinajstić information content (AvgIpc) is 2.34. The highest BCUT2D eigenvalue weighted by Gasteiger charge is 2.24. The van der Waals surface area contributed by atoms with Gasteiger partial charge in [-0.2, -0.15) is 0 Å². The van der Waals surface area contributed by atoms with Gasteiger partial charge in [-0.25, -0.2) is 4.79 Å². The van der Waals surface area contributed by atoms with Gasteiger partial charge in [0.05, 0.1) is 6.04 Å². The van der Waals surface area contributed by atoms with Crippen LogP contribution in [0.4, 0.5) is 4.79 Å². The van der Waals surface area contributed by atoms with Crippen molar-refractivity contribution in [2.75, 3.05) is 0 Å². The van der Waals surface area contributed by atoms with Crippen molar-refractivity contribution in [1.82, 2.24) is 5.32 Å². The number of hydrogen-bond acceptors (Lipinski definition) is 2. The molecule has 20 heavy (non-hydrogen) atoms. The van der Waals surface area contributed by atoms with Gasteiger partial charge >= 0.3 is 6.09 Å². The van der Waals surface area contributed by atoms with Gasteiger partial charge in [-0.15, -0.1) is 0 Å². The number of carbonyl (C=O) groups is 1. The SMILES string of the molecule is C=C(C)[C@H](C)[C@@H](NC(=O)OC(C)(C)C)c1ccccc1. The molecule has 0 aliphatic rings. The van der Waals surface area contributed by atoms with Crippen LogP contribution in [0.3, 0.4) is 0 Å². The molecule has 0 bridgehead atoms. The summed E-state index contributed by atoms with van der Waals surface area (Å²) in [5.74, 6) is 0.130. The van der Waals surface area contributed by atoms with Gasteiger partial charge in [0.2, 0.25) is 0 Å². The molecule has 1 aromatic rings. The maximum atomic E-state index is 12.0. The molecule has 0 aliphatic heterocycles. The summed E-state index contributed by atoms with van der Waals surface area (Å²) in [5.41, 5.74) is 1.57. The number of ether oxygens (including phenoxy) is 1. The van der Waals surface area contributed by atoms with Crippen LogP contribution in [0.25, 0.3) is 0 Å². The highest BCUT2D eigenvalue weighted by molar-refractivity contribution is 5.68. The van der Waals surface area contributed by atoms with Gasteiger partial charge in [0.25, 0.3) is 0 Å². The molecule has 0 aliphatic carbocycles. The Balaban J connectivity index is 2.90. The van der Waals surface area contributed by atoms with Gasteiger partial charge in [0.15, 0.2) is 0 Å². The van der Waals surface area contributed by atoms with Crippen LogP contribution >= 0.6 is 0 Å². The highest BCUT2D eigenvalue weighted by atomic mass is 16.6. The van der Waals surface area contributed by atoms with Crippen molar-refractivity contribution < 1.29 is 9.53 Å². The molecule has 110 valence electrons. The first-order valence-corrected chi connectivity index (χ1v) is 6.90. The minimum Gasteiger partial charge on any atom is -0.444 e. The summed E-state index contributed by atoms with van der Waals surface area (Å²) in [7, 11) is 0. The molecule has 0 spiro atoms. The standard InChI is InChI=1S/C17H25NO2/c1-12(2)13(3)15(14-10-8-7-9-11-14)18-16(19)20-17(4,5)6/h7-11,13,15H,1H2,2-6H3,(H,18,19)/t13-,15+/m0/s1. The number of benzene rings is 1. The van der Waals surface area contributed by atoms with Crippen LogP contribution in [0.1, 0.15) is 46.2 Å². The second-order valence-corrected chi connectivity index (χ2v) is 6.17. The Bertz CT molecular complexity index is 460. The fourth-order valence-electron chi connectivity index (χ4n) is 1.88. The smallest absolute Gasteiger partial charge is 0.408 e. The summed E-state index contributed by atoms with van der Waals surface area (Å²) in [4.78, 5) is 12.0. The van der Waals surface area contributed by atoms with Crippen molar-refractivity contribution >= 4 is 6.09 Å². The monoisotopic (exact) mass is 275 g/mol. The molecule has 1 N–H and O–H groups in total. The maximum Gasteiger partial charge on any atom is 0.408 e. The first kappa shape index (κ1) is 16.3. The minimum atomic E-state index is -0.502. The molecule has 0 unspecified atom stereocenters. The summed E-state index contributed by atoms with van der Waals surface area (Å²) in [6, 6.07) is 9.75. The molecule has 0 heterocycles. The number of carbonyl (C=O) groups excluding carboxylic acids is 1. The first-order chi connectivity index (χ1) is 9.20. The van der Waals surface area contributed by atoms with E-state index in [4.69, 9.17) is 4.74 Å². The third-order valence-electron chi connectivity index (χ3n) is 3.11. The van der Waals surface area contributed by atoms with Gasteiger partial charge in [0.1, 0.15) is 5.60 Å². The topological polar surface area (TPSA) is 38.3 Å². The van der Waals surface area contributed by atoms with Gasteiger partial charge < -0.3 is 10.1 Å². The largest absolute Gasteiger partial charge is 0.444 e. The Morgan fingerprint density at radius 2 is 1.80 bits per heavy atom. The van der Waals surface area contributed by atoms with E-state index in [2.05, 4.69) is 18.8 Å². The van der Waals surface area contributed by atoms with Crippen molar-refractivity contribution in [2.24, 2.45) is 5.92 Å². The zero-order valence-electron chi connectivity index (χ0n) is 13.1. The Morgan fingerprint density at radius 3 is 2.25 bits per heavy atom. The molecular weight excluding hydrogens is 250 g/mol. The molecule has 0 fully saturated rings. The molecule has 0 saturated heterocycles. The third-order valence-corrected chi connectivity index (χ3v) is 3.11. The number of nitrogens with one attached hydrogen (secondary N) is 1. The van der Waals surface area contributed by atoms with E-state index < -0.39 is 11.7 Å². The van der Waals surface area contributed by atoms with E-state index in [9.17, 15) is 4.79 Å². The molecule has 3 heteroatoms. The zero-order chi connectivity index (χ0) is 15.3. The lowest BCUT2D eigenvalue weighted by molar-refractivity contribution is 0.0492.